The quantitative estimate of drug-likeness (QED) is 0.844. The fourth-order valence-corrected chi connectivity index (χ4v) is 2.57. The van der Waals surface area contributed by atoms with Crippen molar-refractivity contribution in [3.05, 3.63) is 28.8 Å². The lowest BCUT2D eigenvalue weighted by Gasteiger charge is -2.11. The van der Waals surface area contributed by atoms with E-state index in [1.54, 1.807) is 0 Å². The molecule has 0 aliphatic heterocycles. The first-order valence-corrected chi connectivity index (χ1v) is 6.95. The Bertz CT molecular complexity index is 541. The molecule has 0 aliphatic carbocycles. The van der Waals surface area contributed by atoms with Gasteiger partial charge >= 0.3 is 5.97 Å². The van der Waals surface area contributed by atoms with Crippen LogP contribution in [0.25, 0.3) is 0 Å². The van der Waals surface area contributed by atoms with Gasteiger partial charge in [-0.2, -0.15) is 0 Å². The molecular formula is C10H12ClNO4S. The van der Waals surface area contributed by atoms with E-state index in [2.05, 4.69) is 0 Å². The van der Waals surface area contributed by atoms with Gasteiger partial charge in [0.05, 0.1) is 4.90 Å². The minimum Gasteiger partial charge on any atom is -0.480 e. The monoisotopic (exact) mass is 277 g/mol. The van der Waals surface area contributed by atoms with Crippen molar-refractivity contribution in [2.45, 2.75) is 17.4 Å². The summed E-state index contributed by atoms with van der Waals surface area (Å²) in [6.45, 7) is 0. The largest absolute Gasteiger partial charge is 0.480 e. The molecule has 0 amide bonds. The Kier molecular flexibility index (Phi) is 4.13. The Hall–Kier alpha value is -1.11. The van der Waals surface area contributed by atoms with Crippen LogP contribution in [0.2, 0.25) is 5.02 Å². The number of carboxylic acids is 1. The molecule has 0 heterocycles. The molecule has 7 heteroatoms. The maximum atomic E-state index is 11.5. The molecule has 0 bridgehead atoms. The normalized spacial score (nSPS) is 13.4. The van der Waals surface area contributed by atoms with Crippen LogP contribution in [-0.2, 0) is 21.1 Å². The predicted molar refractivity (Wildman–Crippen MR) is 63.9 cm³/mol. The first-order valence-electron chi connectivity index (χ1n) is 4.68. The van der Waals surface area contributed by atoms with E-state index in [1.807, 2.05) is 0 Å². The third-order valence-electron chi connectivity index (χ3n) is 2.19. The Morgan fingerprint density at radius 3 is 2.59 bits per heavy atom. The van der Waals surface area contributed by atoms with Crippen LogP contribution in [0.4, 0.5) is 0 Å². The van der Waals surface area contributed by atoms with Gasteiger partial charge in [-0.25, -0.2) is 8.42 Å². The van der Waals surface area contributed by atoms with Crippen LogP contribution in [0.15, 0.2) is 23.1 Å². The van der Waals surface area contributed by atoms with Gasteiger partial charge in [0.2, 0.25) is 0 Å². The standard InChI is InChI=1S/C10H12ClNO4S/c1-17(15,16)9-5-7(11)3-2-6(9)4-8(12)10(13)14/h2-3,5,8H,4,12H2,1H3,(H,13,14)/t8-/m0/s1. The van der Waals surface area contributed by atoms with Crippen molar-refractivity contribution < 1.29 is 18.3 Å². The molecule has 0 saturated heterocycles. The van der Waals surface area contributed by atoms with Crippen molar-refractivity contribution in [1.29, 1.82) is 0 Å². The summed E-state index contributed by atoms with van der Waals surface area (Å²) in [5, 5.41) is 8.97. The van der Waals surface area contributed by atoms with Gasteiger partial charge in [0, 0.05) is 11.3 Å². The topological polar surface area (TPSA) is 97.5 Å². The number of nitrogens with two attached hydrogens (primary N) is 1. The average molecular weight is 278 g/mol. The smallest absolute Gasteiger partial charge is 0.320 e. The molecule has 1 aromatic rings. The first kappa shape index (κ1) is 14.0. The summed E-state index contributed by atoms with van der Waals surface area (Å²) >= 11 is 5.71. The van der Waals surface area contributed by atoms with E-state index in [1.165, 1.54) is 18.2 Å². The highest BCUT2D eigenvalue weighted by molar-refractivity contribution is 7.90. The number of hydrogen-bond acceptors (Lipinski definition) is 4. The first-order chi connectivity index (χ1) is 7.71. The summed E-state index contributed by atoms with van der Waals surface area (Å²) in [7, 11) is -3.46. The second kappa shape index (κ2) is 5.03. The van der Waals surface area contributed by atoms with Gasteiger partial charge in [-0.1, -0.05) is 17.7 Å². The minimum atomic E-state index is -3.46. The number of hydrogen-bond donors (Lipinski definition) is 2. The van der Waals surface area contributed by atoms with E-state index in [0.717, 1.165) is 6.26 Å². The van der Waals surface area contributed by atoms with Gasteiger partial charge in [-0.3, -0.25) is 4.79 Å². The second-order valence-electron chi connectivity index (χ2n) is 3.67. The molecule has 1 atom stereocenters. The minimum absolute atomic E-state index is 0.0155. The zero-order valence-electron chi connectivity index (χ0n) is 9.05. The zero-order valence-corrected chi connectivity index (χ0v) is 10.6. The number of sulfone groups is 1. The Balaban J connectivity index is 3.21. The van der Waals surface area contributed by atoms with E-state index in [4.69, 9.17) is 22.4 Å². The molecule has 0 unspecified atom stereocenters. The fourth-order valence-electron chi connectivity index (χ4n) is 1.37. The zero-order chi connectivity index (χ0) is 13.2. The van der Waals surface area contributed by atoms with Crippen molar-refractivity contribution >= 4 is 27.4 Å². The van der Waals surface area contributed by atoms with Gasteiger partial charge in [-0.05, 0) is 24.1 Å². The number of halogens is 1. The molecule has 3 N–H and O–H groups in total. The van der Waals surface area contributed by atoms with E-state index < -0.39 is 21.8 Å². The number of rotatable bonds is 4. The van der Waals surface area contributed by atoms with Crippen LogP contribution in [0, 0.1) is 0 Å². The van der Waals surface area contributed by atoms with Crippen molar-refractivity contribution in [3.8, 4) is 0 Å². The molecule has 0 radical (unpaired) electrons. The third kappa shape index (κ3) is 3.69. The molecule has 0 fully saturated rings. The maximum absolute atomic E-state index is 11.5. The average Bonchev–Trinajstić information content (AvgIpc) is 2.18. The van der Waals surface area contributed by atoms with E-state index >= 15 is 0 Å². The highest BCUT2D eigenvalue weighted by Gasteiger charge is 2.19. The number of aliphatic carboxylic acids is 1. The van der Waals surface area contributed by atoms with Crippen molar-refractivity contribution in [3.63, 3.8) is 0 Å². The summed E-state index contributed by atoms with van der Waals surface area (Å²) in [6, 6.07) is 3.12. The van der Waals surface area contributed by atoms with Gasteiger partial charge in [0.25, 0.3) is 0 Å². The van der Waals surface area contributed by atoms with Crippen molar-refractivity contribution in [1.82, 2.24) is 0 Å². The van der Waals surface area contributed by atoms with Crippen LogP contribution in [0.5, 0.6) is 0 Å². The van der Waals surface area contributed by atoms with Gasteiger partial charge in [0.1, 0.15) is 6.04 Å². The number of carboxylic acid groups (broad SMARTS) is 1. The van der Waals surface area contributed by atoms with Crippen LogP contribution in [0.3, 0.4) is 0 Å². The molecule has 0 spiro atoms. The second-order valence-corrected chi connectivity index (χ2v) is 6.09. The van der Waals surface area contributed by atoms with Crippen LogP contribution >= 0.6 is 11.6 Å². The van der Waals surface area contributed by atoms with Crippen LogP contribution in [0.1, 0.15) is 5.56 Å². The lowest BCUT2D eigenvalue weighted by atomic mass is 10.1. The summed E-state index contributed by atoms with van der Waals surface area (Å²) < 4.78 is 23.0. The summed E-state index contributed by atoms with van der Waals surface area (Å²) in [4.78, 5) is 10.6. The van der Waals surface area contributed by atoms with E-state index in [9.17, 15) is 13.2 Å². The van der Waals surface area contributed by atoms with E-state index in [0.29, 0.717) is 5.56 Å². The molecule has 0 aromatic heterocycles. The number of carbonyl (C=O) groups is 1. The molecule has 1 rings (SSSR count). The van der Waals surface area contributed by atoms with Gasteiger partial charge in [-0.15, -0.1) is 0 Å². The fraction of sp³-hybridized carbons (Fsp3) is 0.300. The Morgan fingerprint density at radius 1 is 1.53 bits per heavy atom. The highest BCUT2D eigenvalue weighted by Crippen LogP contribution is 2.21. The van der Waals surface area contributed by atoms with Crippen molar-refractivity contribution in [2.24, 2.45) is 5.73 Å². The summed E-state index contributed by atoms with van der Waals surface area (Å²) in [5.74, 6) is -1.18. The van der Waals surface area contributed by atoms with Gasteiger partial charge in [0.15, 0.2) is 9.84 Å². The number of benzene rings is 1. The molecule has 0 aliphatic rings. The van der Waals surface area contributed by atoms with Gasteiger partial charge < -0.3 is 10.8 Å². The molecule has 1 aromatic carbocycles. The maximum Gasteiger partial charge on any atom is 0.320 e. The van der Waals surface area contributed by atoms with Crippen LogP contribution in [-0.4, -0.2) is 31.8 Å². The lowest BCUT2D eigenvalue weighted by Crippen LogP contribution is -2.32. The Morgan fingerprint density at radius 2 is 2.12 bits per heavy atom. The predicted octanol–water partition coefficient (Wildman–Crippen LogP) is 0.698. The lowest BCUT2D eigenvalue weighted by molar-refractivity contribution is -0.138. The van der Waals surface area contributed by atoms with Crippen LogP contribution < -0.4 is 5.73 Å². The summed E-state index contributed by atoms with van der Waals surface area (Å²) in [6.07, 6.45) is 0.976. The molecule has 94 valence electrons. The highest BCUT2D eigenvalue weighted by atomic mass is 35.5. The summed E-state index contributed by atoms with van der Waals surface area (Å²) in [5.41, 5.74) is 5.72. The van der Waals surface area contributed by atoms with E-state index in [-0.39, 0.29) is 16.3 Å². The SMILES string of the molecule is CS(=O)(=O)c1cc(Cl)ccc1C[C@H](N)C(=O)O. The van der Waals surface area contributed by atoms with Crippen molar-refractivity contribution in [2.75, 3.05) is 6.26 Å². The molecule has 5 nitrogen and oxygen atoms in total. The molecule has 0 saturated carbocycles. The Labute approximate surface area is 104 Å². The molecule has 17 heavy (non-hydrogen) atoms. The third-order valence-corrected chi connectivity index (χ3v) is 3.60. The molecular weight excluding hydrogens is 266 g/mol.